The number of benzene rings is 1. The van der Waals surface area contributed by atoms with E-state index in [2.05, 4.69) is 16.7 Å². The second kappa shape index (κ2) is 3.89. The van der Waals surface area contributed by atoms with Crippen molar-refractivity contribution in [2.45, 2.75) is 25.8 Å². The summed E-state index contributed by atoms with van der Waals surface area (Å²) in [6, 6.07) is 12.3. The topological polar surface area (TPSA) is 52.5 Å². The van der Waals surface area contributed by atoms with Crippen molar-refractivity contribution in [2.24, 2.45) is 5.41 Å². The summed E-state index contributed by atoms with van der Waals surface area (Å²) in [5, 5.41) is 18.9. The molecule has 1 aliphatic carbocycles. The van der Waals surface area contributed by atoms with Crippen LogP contribution in [0.2, 0.25) is 0 Å². The molecule has 3 nitrogen and oxygen atoms in total. The Morgan fingerprint density at radius 2 is 2.06 bits per heavy atom. The van der Waals surface area contributed by atoms with Crippen LogP contribution in [-0.4, -0.2) is 4.57 Å². The van der Waals surface area contributed by atoms with Gasteiger partial charge in [-0.25, -0.2) is 0 Å². The van der Waals surface area contributed by atoms with Gasteiger partial charge in [-0.05, 0) is 31.0 Å². The summed E-state index contributed by atoms with van der Waals surface area (Å²) in [7, 11) is 0. The maximum absolute atomic E-state index is 9.07. The van der Waals surface area contributed by atoms with Gasteiger partial charge in [0.05, 0.1) is 17.7 Å². The van der Waals surface area contributed by atoms with E-state index in [0.717, 1.165) is 35.9 Å². The van der Waals surface area contributed by atoms with Crippen LogP contribution >= 0.6 is 0 Å². The number of hydrogen-bond donors (Lipinski definition) is 0. The second-order valence-corrected chi connectivity index (χ2v) is 5.13. The molecule has 1 fully saturated rings. The van der Waals surface area contributed by atoms with Gasteiger partial charge in [-0.3, -0.25) is 0 Å². The van der Waals surface area contributed by atoms with Gasteiger partial charge < -0.3 is 4.57 Å². The molecular formula is C15H13N3. The van der Waals surface area contributed by atoms with E-state index in [4.69, 9.17) is 10.5 Å². The summed E-state index contributed by atoms with van der Waals surface area (Å²) in [4.78, 5) is 0. The Bertz CT molecular complexity index is 678. The predicted molar refractivity (Wildman–Crippen MR) is 68.6 cm³/mol. The monoisotopic (exact) mass is 235 g/mol. The molecule has 3 heteroatoms. The van der Waals surface area contributed by atoms with Gasteiger partial charge in [-0.2, -0.15) is 10.5 Å². The van der Waals surface area contributed by atoms with Gasteiger partial charge in [0.15, 0.2) is 0 Å². The standard InChI is InChI=1S/C15H13N3/c16-8-7-15(5-6-15)11-18-9-4-13-12(10-17)2-1-3-14(13)18/h1-4,9H,5-7,11H2. The molecule has 0 atom stereocenters. The minimum absolute atomic E-state index is 0.184. The van der Waals surface area contributed by atoms with Crippen molar-refractivity contribution in [2.75, 3.05) is 0 Å². The lowest BCUT2D eigenvalue weighted by Gasteiger charge is -2.13. The van der Waals surface area contributed by atoms with Crippen LogP contribution in [0.1, 0.15) is 24.8 Å². The van der Waals surface area contributed by atoms with Crippen LogP contribution in [0.15, 0.2) is 30.5 Å². The maximum Gasteiger partial charge on any atom is 0.0998 e. The number of nitrogens with zero attached hydrogens (tertiary/aromatic N) is 3. The summed E-state index contributed by atoms with van der Waals surface area (Å²) in [5.74, 6) is 0. The van der Waals surface area contributed by atoms with Gasteiger partial charge in [0.2, 0.25) is 0 Å². The Morgan fingerprint density at radius 1 is 1.22 bits per heavy atom. The highest BCUT2D eigenvalue weighted by Crippen LogP contribution is 2.50. The molecule has 1 saturated carbocycles. The zero-order valence-corrected chi connectivity index (χ0v) is 10.1. The molecule has 2 aromatic rings. The first kappa shape index (κ1) is 10.9. The van der Waals surface area contributed by atoms with Crippen LogP contribution in [0.3, 0.4) is 0 Å². The number of aromatic nitrogens is 1. The highest BCUT2D eigenvalue weighted by molar-refractivity contribution is 5.86. The minimum atomic E-state index is 0.184. The highest BCUT2D eigenvalue weighted by Gasteiger charge is 2.42. The molecule has 18 heavy (non-hydrogen) atoms. The first-order chi connectivity index (χ1) is 8.78. The summed E-state index contributed by atoms with van der Waals surface area (Å²) in [5.41, 5.74) is 2.00. The summed E-state index contributed by atoms with van der Waals surface area (Å²) >= 11 is 0. The fraction of sp³-hybridized carbons (Fsp3) is 0.333. The van der Waals surface area contributed by atoms with Crippen LogP contribution in [0.4, 0.5) is 0 Å². The quantitative estimate of drug-likeness (QED) is 0.820. The third-order valence-corrected chi connectivity index (χ3v) is 3.85. The van der Waals surface area contributed by atoms with E-state index in [1.165, 1.54) is 0 Å². The summed E-state index contributed by atoms with van der Waals surface area (Å²) in [6.07, 6.45) is 4.93. The van der Waals surface area contributed by atoms with E-state index < -0.39 is 0 Å². The molecule has 1 heterocycles. The zero-order chi connectivity index (χ0) is 12.6. The molecule has 1 aliphatic rings. The number of rotatable bonds is 3. The molecule has 1 aromatic heterocycles. The summed E-state index contributed by atoms with van der Waals surface area (Å²) < 4.78 is 2.18. The lowest BCUT2D eigenvalue weighted by atomic mass is 10.0. The van der Waals surface area contributed by atoms with Gasteiger partial charge in [-0.1, -0.05) is 6.07 Å². The van der Waals surface area contributed by atoms with Gasteiger partial charge in [0.1, 0.15) is 0 Å². The van der Waals surface area contributed by atoms with E-state index in [0.29, 0.717) is 6.42 Å². The molecule has 88 valence electrons. The van der Waals surface area contributed by atoms with Crippen LogP contribution in [0, 0.1) is 28.1 Å². The Kier molecular flexibility index (Phi) is 2.35. The van der Waals surface area contributed by atoms with Gasteiger partial charge in [0, 0.05) is 35.5 Å². The first-order valence-electron chi connectivity index (χ1n) is 6.13. The molecule has 0 spiro atoms. The molecular weight excluding hydrogens is 222 g/mol. The van der Waals surface area contributed by atoms with Crippen molar-refractivity contribution in [3.63, 3.8) is 0 Å². The Labute approximate surface area is 106 Å². The van der Waals surface area contributed by atoms with Crippen molar-refractivity contribution >= 4 is 10.9 Å². The first-order valence-corrected chi connectivity index (χ1v) is 6.13. The highest BCUT2D eigenvalue weighted by atomic mass is 15.0. The minimum Gasteiger partial charge on any atom is -0.347 e. The largest absolute Gasteiger partial charge is 0.347 e. The average molecular weight is 235 g/mol. The fourth-order valence-corrected chi connectivity index (χ4v) is 2.56. The van der Waals surface area contributed by atoms with Crippen LogP contribution in [-0.2, 0) is 6.54 Å². The third kappa shape index (κ3) is 1.65. The van der Waals surface area contributed by atoms with Crippen molar-refractivity contribution in [1.82, 2.24) is 4.57 Å². The predicted octanol–water partition coefficient (Wildman–Crippen LogP) is 3.21. The normalized spacial score (nSPS) is 16.1. The van der Waals surface area contributed by atoms with Crippen molar-refractivity contribution in [3.8, 4) is 12.1 Å². The Hall–Kier alpha value is -2.26. The van der Waals surface area contributed by atoms with Crippen LogP contribution in [0.25, 0.3) is 10.9 Å². The summed E-state index contributed by atoms with van der Waals surface area (Å²) in [6.45, 7) is 0.888. The molecule has 0 saturated heterocycles. The second-order valence-electron chi connectivity index (χ2n) is 5.13. The Balaban J connectivity index is 2.00. The van der Waals surface area contributed by atoms with E-state index in [9.17, 15) is 0 Å². The molecule has 0 N–H and O–H groups in total. The van der Waals surface area contributed by atoms with Crippen LogP contribution < -0.4 is 0 Å². The maximum atomic E-state index is 9.07. The van der Waals surface area contributed by atoms with Crippen molar-refractivity contribution < 1.29 is 0 Å². The molecule has 0 radical (unpaired) electrons. The molecule has 3 rings (SSSR count). The van der Waals surface area contributed by atoms with Crippen molar-refractivity contribution in [3.05, 3.63) is 36.0 Å². The molecule has 0 amide bonds. The third-order valence-electron chi connectivity index (χ3n) is 3.85. The van der Waals surface area contributed by atoms with E-state index in [1.54, 1.807) is 0 Å². The molecule has 0 aliphatic heterocycles. The number of nitriles is 2. The number of fused-ring (bicyclic) bond motifs is 1. The van der Waals surface area contributed by atoms with Gasteiger partial charge in [-0.15, -0.1) is 0 Å². The lowest BCUT2D eigenvalue weighted by Crippen LogP contribution is -2.10. The average Bonchev–Trinajstić information content (AvgIpc) is 3.02. The SMILES string of the molecule is N#CCC1(Cn2ccc3c(C#N)cccc32)CC1. The zero-order valence-electron chi connectivity index (χ0n) is 10.1. The van der Waals surface area contributed by atoms with E-state index in [-0.39, 0.29) is 5.41 Å². The smallest absolute Gasteiger partial charge is 0.0998 e. The molecule has 1 aromatic carbocycles. The van der Waals surface area contributed by atoms with E-state index in [1.807, 2.05) is 30.5 Å². The Morgan fingerprint density at radius 3 is 2.72 bits per heavy atom. The lowest BCUT2D eigenvalue weighted by molar-refractivity contribution is 0.440. The molecule has 0 unspecified atom stereocenters. The van der Waals surface area contributed by atoms with Gasteiger partial charge >= 0.3 is 0 Å². The fourth-order valence-electron chi connectivity index (χ4n) is 2.56. The van der Waals surface area contributed by atoms with Crippen LogP contribution in [0.5, 0.6) is 0 Å². The molecule has 0 bridgehead atoms. The van der Waals surface area contributed by atoms with Crippen molar-refractivity contribution in [1.29, 1.82) is 10.5 Å². The van der Waals surface area contributed by atoms with E-state index >= 15 is 0 Å². The number of hydrogen-bond acceptors (Lipinski definition) is 2. The van der Waals surface area contributed by atoms with Gasteiger partial charge in [0.25, 0.3) is 0 Å².